The maximum absolute atomic E-state index is 12.3. The molecule has 6 heteroatoms. The molecular formula is C7H5ClF2INO. The molecule has 13 heavy (non-hydrogen) atoms. The van der Waals surface area contributed by atoms with Crippen molar-refractivity contribution in [1.82, 2.24) is 4.98 Å². The van der Waals surface area contributed by atoms with Crippen molar-refractivity contribution in [3.63, 3.8) is 0 Å². The molecule has 0 fully saturated rings. The number of alkyl halides is 3. The van der Waals surface area contributed by atoms with Crippen LogP contribution in [0.4, 0.5) is 8.78 Å². The van der Waals surface area contributed by atoms with Crippen LogP contribution in [0.5, 0.6) is 0 Å². The highest BCUT2D eigenvalue weighted by Crippen LogP contribution is 2.19. The first-order valence-corrected chi connectivity index (χ1v) is 4.93. The topological polar surface area (TPSA) is 32.9 Å². The molecule has 0 aromatic carbocycles. The Morgan fingerprint density at radius 3 is 2.62 bits per heavy atom. The molecule has 0 aliphatic heterocycles. The second kappa shape index (κ2) is 4.36. The summed E-state index contributed by atoms with van der Waals surface area (Å²) >= 11 is 7.10. The van der Waals surface area contributed by atoms with Crippen LogP contribution in [0, 0.1) is 3.70 Å². The van der Waals surface area contributed by atoms with Crippen molar-refractivity contribution in [3.05, 3.63) is 31.2 Å². The summed E-state index contributed by atoms with van der Waals surface area (Å²) in [5.74, 6) is 0.106. The van der Waals surface area contributed by atoms with Crippen molar-refractivity contribution in [3.8, 4) is 0 Å². The average Bonchev–Trinajstić information content (AvgIpc) is 2.02. The van der Waals surface area contributed by atoms with Gasteiger partial charge in [-0.25, -0.2) is 8.78 Å². The van der Waals surface area contributed by atoms with Gasteiger partial charge in [-0.2, -0.15) is 0 Å². The summed E-state index contributed by atoms with van der Waals surface area (Å²) in [5.41, 5.74) is -0.719. The van der Waals surface area contributed by atoms with Crippen LogP contribution in [0.1, 0.15) is 17.7 Å². The maximum Gasteiger partial charge on any atom is 0.270 e. The van der Waals surface area contributed by atoms with Gasteiger partial charge in [-0.1, -0.05) is 0 Å². The molecule has 1 N–H and O–H groups in total. The van der Waals surface area contributed by atoms with Crippen molar-refractivity contribution >= 4 is 34.2 Å². The molecule has 0 aliphatic rings. The lowest BCUT2D eigenvalue weighted by Crippen LogP contribution is -2.13. The standard InChI is InChI=1S/C7H5ClF2INO/c8-2-3-1-4(13)5(6(9)10)7(11)12-3/h1,6H,2H2,(H,12,13). The Kier molecular flexibility index (Phi) is 3.66. The Bertz CT molecular complexity index is 366. The Hall–Kier alpha value is -0.170. The normalized spacial score (nSPS) is 10.8. The van der Waals surface area contributed by atoms with E-state index in [1.165, 1.54) is 0 Å². The van der Waals surface area contributed by atoms with Gasteiger partial charge in [-0.3, -0.25) is 4.79 Å². The summed E-state index contributed by atoms with van der Waals surface area (Å²) < 4.78 is 24.7. The zero-order valence-corrected chi connectivity index (χ0v) is 9.20. The second-order valence-electron chi connectivity index (χ2n) is 2.32. The van der Waals surface area contributed by atoms with Gasteiger partial charge in [0.05, 0.1) is 15.1 Å². The van der Waals surface area contributed by atoms with E-state index in [0.29, 0.717) is 5.69 Å². The third-order valence-corrected chi connectivity index (χ3v) is 2.58. The molecule has 72 valence electrons. The zero-order valence-electron chi connectivity index (χ0n) is 6.28. The van der Waals surface area contributed by atoms with Gasteiger partial charge in [0.25, 0.3) is 6.43 Å². The predicted molar refractivity (Wildman–Crippen MR) is 54.3 cm³/mol. The fraction of sp³-hybridized carbons (Fsp3) is 0.286. The quantitative estimate of drug-likeness (QED) is 0.507. The third-order valence-electron chi connectivity index (χ3n) is 1.44. The minimum atomic E-state index is -2.75. The summed E-state index contributed by atoms with van der Waals surface area (Å²) in [6, 6.07) is 1.09. The molecule has 0 aliphatic carbocycles. The van der Waals surface area contributed by atoms with Crippen molar-refractivity contribution < 1.29 is 8.78 Å². The highest BCUT2D eigenvalue weighted by atomic mass is 127. The molecular weight excluding hydrogens is 314 g/mol. The lowest BCUT2D eigenvalue weighted by atomic mass is 10.2. The van der Waals surface area contributed by atoms with E-state index in [9.17, 15) is 13.6 Å². The summed E-state index contributed by atoms with van der Waals surface area (Å²) in [7, 11) is 0. The van der Waals surface area contributed by atoms with Gasteiger partial charge in [-0.15, -0.1) is 11.6 Å². The van der Waals surface area contributed by atoms with E-state index in [-0.39, 0.29) is 9.58 Å². The summed E-state index contributed by atoms with van der Waals surface area (Å²) in [4.78, 5) is 13.7. The SMILES string of the molecule is O=c1cc(CCl)[nH]c(I)c1C(F)F. The smallest absolute Gasteiger partial charge is 0.270 e. The Balaban J connectivity index is 3.32. The van der Waals surface area contributed by atoms with E-state index in [1.807, 2.05) is 0 Å². The maximum atomic E-state index is 12.3. The van der Waals surface area contributed by atoms with Crippen molar-refractivity contribution in [2.24, 2.45) is 0 Å². The Labute approximate surface area is 91.4 Å². The van der Waals surface area contributed by atoms with Crippen molar-refractivity contribution in [2.45, 2.75) is 12.3 Å². The van der Waals surface area contributed by atoms with Gasteiger partial charge in [0.15, 0.2) is 5.43 Å². The molecule has 0 radical (unpaired) electrons. The zero-order chi connectivity index (χ0) is 10.0. The van der Waals surface area contributed by atoms with Crippen LogP contribution in [0.2, 0.25) is 0 Å². The molecule has 1 aromatic heterocycles. The summed E-state index contributed by atoms with van der Waals surface area (Å²) in [6.45, 7) is 0. The predicted octanol–water partition coefficient (Wildman–Crippen LogP) is 2.66. The van der Waals surface area contributed by atoms with Gasteiger partial charge in [0.2, 0.25) is 0 Å². The molecule has 1 heterocycles. The van der Waals surface area contributed by atoms with E-state index in [0.717, 1.165) is 6.07 Å². The van der Waals surface area contributed by atoms with Crippen LogP contribution in [-0.4, -0.2) is 4.98 Å². The number of nitrogens with one attached hydrogen (secondary N) is 1. The van der Waals surface area contributed by atoms with Crippen LogP contribution < -0.4 is 5.43 Å². The average molecular weight is 319 g/mol. The second-order valence-corrected chi connectivity index (χ2v) is 3.67. The van der Waals surface area contributed by atoms with E-state index in [4.69, 9.17) is 11.6 Å². The summed E-state index contributed by atoms with van der Waals surface area (Å²) in [5, 5.41) is 0. The molecule has 0 saturated carbocycles. The molecule has 0 atom stereocenters. The van der Waals surface area contributed by atoms with Crippen molar-refractivity contribution in [1.29, 1.82) is 0 Å². The fourth-order valence-corrected chi connectivity index (χ4v) is 1.86. The first kappa shape index (κ1) is 10.9. The largest absolute Gasteiger partial charge is 0.352 e. The van der Waals surface area contributed by atoms with E-state index < -0.39 is 17.4 Å². The van der Waals surface area contributed by atoms with E-state index in [2.05, 4.69) is 4.98 Å². The monoisotopic (exact) mass is 319 g/mol. The number of H-pyrrole nitrogens is 1. The number of hydrogen-bond donors (Lipinski definition) is 1. The first-order chi connectivity index (χ1) is 6.06. The molecule has 0 spiro atoms. The van der Waals surface area contributed by atoms with Crippen LogP contribution in [0.25, 0.3) is 0 Å². The van der Waals surface area contributed by atoms with E-state index in [1.54, 1.807) is 22.6 Å². The molecule has 1 aromatic rings. The molecule has 0 unspecified atom stereocenters. The molecule has 1 rings (SSSR count). The number of aromatic nitrogens is 1. The van der Waals surface area contributed by atoms with Crippen LogP contribution in [0.15, 0.2) is 10.9 Å². The van der Waals surface area contributed by atoms with Gasteiger partial charge >= 0.3 is 0 Å². The highest BCUT2D eigenvalue weighted by Gasteiger charge is 2.16. The third kappa shape index (κ3) is 2.40. The molecule has 2 nitrogen and oxygen atoms in total. The number of hydrogen-bond acceptors (Lipinski definition) is 1. The summed E-state index contributed by atoms with van der Waals surface area (Å²) in [6.07, 6.45) is -2.75. The van der Waals surface area contributed by atoms with Gasteiger partial charge in [0, 0.05) is 11.8 Å². The van der Waals surface area contributed by atoms with Crippen molar-refractivity contribution in [2.75, 3.05) is 0 Å². The van der Waals surface area contributed by atoms with Gasteiger partial charge in [-0.05, 0) is 22.6 Å². The van der Waals surface area contributed by atoms with Crippen LogP contribution in [0.3, 0.4) is 0 Å². The fourth-order valence-electron chi connectivity index (χ4n) is 0.864. The lowest BCUT2D eigenvalue weighted by Gasteiger charge is -2.03. The Morgan fingerprint density at radius 2 is 2.23 bits per heavy atom. The van der Waals surface area contributed by atoms with Crippen LogP contribution in [-0.2, 0) is 5.88 Å². The van der Waals surface area contributed by atoms with Gasteiger partial charge < -0.3 is 4.98 Å². The lowest BCUT2D eigenvalue weighted by molar-refractivity contribution is 0.148. The highest BCUT2D eigenvalue weighted by molar-refractivity contribution is 14.1. The number of aromatic amines is 1. The first-order valence-electron chi connectivity index (χ1n) is 3.32. The van der Waals surface area contributed by atoms with E-state index >= 15 is 0 Å². The minimum absolute atomic E-state index is 0.106. The molecule has 0 saturated heterocycles. The minimum Gasteiger partial charge on any atom is -0.352 e. The number of halogens is 4. The number of rotatable bonds is 2. The van der Waals surface area contributed by atoms with Crippen LogP contribution >= 0.6 is 34.2 Å². The molecule has 0 amide bonds. The molecule has 0 bridgehead atoms. The number of pyridine rings is 1. The van der Waals surface area contributed by atoms with Gasteiger partial charge in [0.1, 0.15) is 0 Å². The Morgan fingerprint density at radius 1 is 1.62 bits per heavy atom.